The van der Waals surface area contributed by atoms with Gasteiger partial charge in [0.1, 0.15) is 5.75 Å². The van der Waals surface area contributed by atoms with E-state index in [0.29, 0.717) is 28.3 Å². The zero-order chi connectivity index (χ0) is 12.4. The minimum absolute atomic E-state index is 0.170. The van der Waals surface area contributed by atoms with Gasteiger partial charge in [0.15, 0.2) is 0 Å². The summed E-state index contributed by atoms with van der Waals surface area (Å²) < 4.78 is 5.32. The first-order valence-electron chi connectivity index (χ1n) is 5.16. The van der Waals surface area contributed by atoms with Crippen molar-refractivity contribution in [2.45, 2.75) is 6.42 Å². The normalized spacial score (nSPS) is 10.5. The Labute approximate surface area is 104 Å². The number of nitrogens with one attached hydrogen (secondary N) is 1. The summed E-state index contributed by atoms with van der Waals surface area (Å²) in [6.07, 6.45) is 2.14. The molecule has 3 nitrogen and oxygen atoms in total. The minimum Gasteiger partial charge on any atom is -0.496 e. The number of pyridine rings is 1. The minimum atomic E-state index is -0.170. The topological polar surface area (TPSA) is 42.1 Å². The van der Waals surface area contributed by atoms with Crippen molar-refractivity contribution in [1.29, 1.82) is 0 Å². The highest BCUT2D eigenvalue weighted by Gasteiger charge is 2.12. The molecule has 2 aromatic rings. The van der Waals surface area contributed by atoms with Gasteiger partial charge in [-0.15, -0.1) is 6.58 Å². The van der Waals surface area contributed by atoms with Crippen molar-refractivity contribution in [3.63, 3.8) is 0 Å². The summed E-state index contributed by atoms with van der Waals surface area (Å²) in [5.74, 6) is 0.584. The lowest BCUT2D eigenvalue weighted by Gasteiger charge is -2.10. The Morgan fingerprint density at radius 1 is 1.53 bits per heavy atom. The average molecular weight is 250 g/mol. The molecule has 0 saturated carbocycles. The molecule has 1 heterocycles. The number of ether oxygens (including phenoxy) is 1. The number of benzene rings is 1. The number of hydrogen-bond acceptors (Lipinski definition) is 2. The van der Waals surface area contributed by atoms with Crippen molar-refractivity contribution in [3.05, 3.63) is 51.8 Å². The fourth-order valence-electron chi connectivity index (χ4n) is 1.84. The van der Waals surface area contributed by atoms with E-state index in [9.17, 15) is 4.79 Å². The van der Waals surface area contributed by atoms with Crippen molar-refractivity contribution < 1.29 is 4.74 Å². The van der Waals surface area contributed by atoms with Crippen LogP contribution in [0.15, 0.2) is 35.6 Å². The molecule has 0 amide bonds. The molecular formula is C13H12ClNO2. The van der Waals surface area contributed by atoms with Gasteiger partial charge in [0, 0.05) is 10.4 Å². The van der Waals surface area contributed by atoms with Crippen LogP contribution in [0.1, 0.15) is 5.56 Å². The molecule has 4 heteroatoms. The number of rotatable bonds is 3. The lowest BCUT2D eigenvalue weighted by Crippen LogP contribution is -2.14. The molecule has 0 atom stereocenters. The Balaban J connectivity index is 2.85. The number of aromatic amines is 1. The number of allylic oxidation sites excluding steroid dienone is 1. The van der Waals surface area contributed by atoms with Crippen LogP contribution in [0.2, 0.25) is 5.02 Å². The molecule has 0 aliphatic rings. The highest BCUT2D eigenvalue weighted by Crippen LogP contribution is 2.28. The summed E-state index contributed by atoms with van der Waals surface area (Å²) in [5.41, 5.74) is 1.08. The molecule has 1 aromatic heterocycles. The maximum absolute atomic E-state index is 11.9. The molecule has 0 saturated heterocycles. The van der Waals surface area contributed by atoms with Crippen LogP contribution in [0.3, 0.4) is 0 Å². The standard InChI is InChI=1S/C13H12ClNO2/c1-3-4-10-12(17-2)9-6-5-8(14)7-11(9)15-13(10)16/h3,5-7H,1,4H2,2H3,(H,15,16). The molecular weight excluding hydrogens is 238 g/mol. The Bertz CT molecular complexity index is 631. The van der Waals surface area contributed by atoms with Crippen LogP contribution >= 0.6 is 11.6 Å². The lowest BCUT2D eigenvalue weighted by atomic mass is 10.1. The summed E-state index contributed by atoms with van der Waals surface area (Å²) in [6, 6.07) is 5.31. The van der Waals surface area contributed by atoms with Gasteiger partial charge < -0.3 is 9.72 Å². The molecule has 0 fully saturated rings. The highest BCUT2D eigenvalue weighted by molar-refractivity contribution is 6.31. The second-order valence-corrected chi connectivity index (χ2v) is 4.09. The van der Waals surface area contributed by atoms with Gasteiger partial charge in [0.05, 0.1) is 18.2 Å². The van der Waals surface area contributed by atoms with E-state index >= 15 is 0 Å². The number of fused-ring (bicyclic) bond motifs is 1. The maximum atomic E-state index is 11.9. The third-order valence-corrected chi connectivity index (χ3v) is 2.81. The van der Waals surface area contributed by atoms with Gasteiger partial charge in [0.2, 0.25) is 0 Å². The van der Waals surface area contributed by atoms with Crippen molar-refractivity contribution in [2.75, 3.05) is 7.11 Å². The van der Waals surface area contributed by atoms with Gasteiger partial charge in [-0.25, -0.2) is 0 Å². The van der Waals surface area contributed by atoms with Crippen LogP contribution in [0, 0.1) is 0 Å². The van der Waals surface area contributed by atoms with E-state index in [2.05, 4.69) is 11.6 Å². The van der Waals surface area contributed by atoms with Gasteiger partial charge in [-0.1, -0.05) is 17.7 Å². The van der Waals surface area contributed by atoms with Gasteiger partial charge in [-0.3, -0.25) is 4.79 Å². The van der Waals surface area contributed by atoms with E-state index in [-0.39, 0.29) is 5.56 Å². The van der Waals surface area contributed by atoms with Crippen molar-refractivity contribution in [3.8, 4) is 5.75 Å². The zero-order valence-corrected chi connectivity index (χ0v) is 10.2. The van der Waals surface area contributed by atoms with Crippen molar-refractivity contribution in [1.82, 2.24) is 4.98 Å². The number of H-pyrrole nitrogens is 1. The van der Waals surface area contributed by atoms with Crippen molar-refractivity contribution >= 4 is 22.5 Å². The Hall–Kier alpha value is -1.74. The third-order valence-electron chi connectivity index (χ3n) is 2.58. The number of hydrogen-bond donors (Lipinski definition) is 1. The van der Waals surface area contributed by atoms with E-state index < -0.39 is 0 Å². The van der Waals surface area contributed by atoms with E-state index in [1.54, 1.807) is 25.3 Å². The molecule has 0 bridgehead atoms. The second-order valence-electron chi connectivity index (χ2n) is 3.65. The van der Waals surface area contributed by atoms with E-state index in [4.69, 9.17) is 16.3 Å². The van der Waals surface area contributed by atoms with E-state index in [1.165, 1.54) is 0 Å². The van der Waals surface area contributed by atoms with Crippen LogP contribution in [0.5, 0.6) is 5.75 Å². The Morgan fingerprint density at radius 3 is 2.94 bits per heavy atom. The fraction of sp³-hybridized carbons (Fsp3) is 0.154. The summed E-state index contributed by atoms with van der Waals surface area (Å²) >= 11 is 5.89. The molecule has 0 radical (unpaired) electrons. The SMILES string of the molecule is C=CCc1c(OC)c2ccc(Cl)cc2[nH]c1=O. The van der Waals surface area contributed by atoms with E-state index in [1.807, 2.05) is 6.07 Å². The number of halogens is 1. The first kappa shape index (κ1) is 11.7. The maximum Gasteiger partial charge on any atom is 0.255 e. The van der Waals surface area contributed by atoms with Crippen LogP contribution in [0.25, 0.3) is 10.9 Å². The lowest BCUT2D eigenvalue weighted by molar-refractivity contribution is 0.414. The summed E-state index contributed by atoms with van der Waals surface area (Å²) in [5, 5.41) is 1.42. The smallest absolute Gasteiger partial charge is 0.255 e. The first-order valence-corrected chi connectivity index (χ1v) is 5.54. The van der Waals surface area contributed by atoms with Crippen LogP contribution < -0.4 is 10.3 Å². The number of aromatic nitrogens is 1. The molecule has 0 aliphatic carbocycles. The van der Waals surface area contributed by atoms with E-state index in [0.717, 1.165) is 5.39 Å². The van der Waals surface area contributed by atoms with Gasteiger partial charge in [-0.05, 0) is 24.6 Å². The first-order chi connectivity index (χ1) is 8.17. The van der Waals surface area contributed by atoms with Crippen molar-refractivity contribution in [2.24, 2.45) is 0 Å². The Kier molecular flexibility index (Phi) is 3.20. The molecule has 88 valence electrons. The molecule has 2 rings (SSSR count). The number of methoxy groups -OCH3 is 1. The largest absolute Gasteiger partial charge is 0.496 e. The van der Waals surface area contributed by atoms with Crippen LogP contribution in [-0.2, 0) is 6.42 Å². The fourth-order valence-corrected chi connectivity index (χ4v) is 2.02. The Morgan fingerprint density at radius 2 is 2.29 bits per heavy atom. The highest BCUT2D eigenvalue weighted by atomic mass is 35.5. The molecule has 17 heavy (non-hydrogen) atoms. The van der Waals surface area contributed by atoms with Gasteiger partial charge in [-0.2, -0.15) is 0 Å². The summed E-state index contributed by atoms with van der Waals surface area (Å²) in [6.45, 7) is 3.64. The van der Waals surface area contributed by atoms with Crippen LogP contribution in [0.4, 0.5) is 0 Å². The quantitative estimate of drug-likeness (QED) is 0.850. The predicted molar refractivity (Wildman–Crippen MR) is 70.0 cm³/mol. The monoisotopic (exact) mass is 249 g/mol. The second kappa shape index (κ2) is 4.63. The van der Waals surface area contributed by atoms with Gasteiger partial charge >= 0.3 is 0 Å². The molecule has 1 aromatic carbocycles. The average Bonchev–Trinajstić information content (AvgIpc) is 2.30. The molecule has 0 aliphatic heterocycles. The predicted octanol–water partition coefficient (Wildman–Crippen LogP) is 2.92. The molecule has 0 spiro atoms. The summed E-state index contributed by atoms with van der Waals surface area (Å²) in [7, 11) is 1.55. The van der Waals surface area contributed by atoms with Crippen LogP contribution in [-0.4, -0.2) is 12.1 Å². The molecule has 1 N–H and O–H groups in total. The summed E-state index contributed by atoms with van der Waals surface area (Å²) in [4.78, 5) is 14.7. The zero-order valence-electron chi connectivity index (χ0n) is 9.42. The van der Waals surface area contributed by atoms with Gasteiger partial charge in [0.25, 0.3) is 5.56 Å². The third kappa shape index (κ3) is 2.06. The molecule has 0 unspecified atom stereocenters.